The predicted octanol–water partition coefficient (Wildman–Crippen LogP) is 6.24. The molecule has 3 N–H and O–H groups in total. The molecule has 0 spiro atoms. The number of anilines is 2. The van der Waals surface area contributed by atoms with Crippen molar-refractivity contribution in [2.24, 2.45) is 23.0 Å². The Labute approximate surface area is 213 Å². The third-order valence-corrected chi connectivity index (χ3v) is 8.10. The highest BCUT2D eigenvalue weighted by atomic mass is 35.5. The van der Waals surface area contributed by atoms with E-state index in [1.54, 1.807) is 30.3 Å². The van der Waals surface area contributed by atoms with Crippen LogP contribution in [0.3, 0.4) is 0 Å². The van der Waals surface area contributed by atoms with E-state index < -0.39 is 17.6 Å². The van der Waals surface area contributed by atoms with E-state index in [9.17, 15) is 14.0 Å². The summed E-state index contributed by atoms with van der Waals surface area (Å²) in [5.74, 6) is -0.724. The van der Waals surface area contributed by atoms with E-state index in [1.807, 2.05) is 6.07 Å². The second-order valence-corrected chi connectivity index (χ2v) is 10.6. The molecular formula is C27H24Cl2FN3O2. The zero-order valence-corrected chi connectivity index (χ0v) is 20.8. The van der Waals surface area contributed by atoms with Gasteiger partial charge in [-0.2, -0.15) is 0 Å². The van der Waals surface area contributed by atoms with Crippen LogP contribution in [0.15, 0.2) is 54.6 Å². The number of nitrogens with zero attached hydrogens (tertiary/aromatic N) is 1. The number of rotatable bonds is 5. The summed E-state index contributed by atoms with van der Waals surface area (Å²) in [6.07, 6.45) is 0. The summed E-state index contributed by atoms with van der Waals surface area (Å²) in [6, 6.07) is 14.5. The number of carbonyl (C=O) groups is 2. The lowest BCUT2D eigenvalue weighted by molar-refractivity contribution is 0.0997. The first-order chi connectivity index (χ1) is 16.6. The molecule has 2 aliphatic rings. The van der Waals surface area contributed by atoms with Crippen LogP contribution in [0.4, 0.5) is 15.8 Å². The Hall–Kier alpha value is -3.09. The van der Waals surface area contributed by atoms with Crippen molar-refractivity contribution in [3.8, 4) is 11.1 Å². The molecule has 8 heteroatoms. The molecule has 1 aliphatic heterocycles. The maximum atomic E-state index is 14.4. The first-order valence-electron chi connectivity index (χ1n) is 11.3. The van der Waals surface area contributed by atoms with Gasteiger partial charge in [0.25, 0.3) is 5.91 Å². The van der Waals surface area contributed by atoms with Crippen LogP contribution in [0.2, 0.25) is 10.0 Å². The number of nitrogens with two attached hydrogens (primary N) is 1. The molecule has 2 atom stereocenters. The minimum Gasteiger partial charge on any atom is -0.369 e. The number of benzene rings is 3. The van der Waals surface area contributed by atoms with Crippen LogP contribution < -0.4 is 16.0 Å². The monoisotopic (exact) mass is 511 g/mol. The lowest BCUT2D eigenvalue weighted by atomic mass is 10.00. The molecule has 2 fully saturated rings. The first-order valence-corrected chi connectivity index (χ1v) is 12.1. The van der Waals surface area contributed by atoms with E-state index in [0.29, 0.717) is 39.1 Å². The van der Waals surface area contributed by atoms with Gasteiger partial charge in [0.1, 0.15) is 5.82 Å². The van der Waals surface area contributed by atoms with Crippen molar-refractivity contribution in [2.75, 3.05) is 23.3 Å². The molecule has 1 aliphatic carbocycles. The number of hydrogen-bond donors (Lipinski definition) is 2. The number of carbonyl (C=O) groups excluding carboxylic acids is 2. The number of halogens is 3. The van der Waals surface area contributed by atoms with Crippen molar-refractivity contribution in [3.63, 3.8) is 0 Å². The number of amides is 2. The van der Waals surface area contributed by atoms with Gasteiger partial charge in [-0.05, 0) is 65.3 Å². The van der Waals surface area contributed by atoms with E-state index in [-0.39, 0.29) is 10.6 Å². The van der Waals surface area contributed by atoms with Crippen molar-refractivity contribution >= 4 is 46.4 Å². The minimum absolute atomic E-state index is 0.0416. The lowest BCUT2D eigenvalue weighted by Crippen LogP contribution is -2.27. The summed E-state index contributed by atoms with van der Waals surface area (Å²) in [5, 5.41) is 3.36. The minimum atomic E-state index is -0.688. The molecule has 35 heavy (non-hydrogen) atoms. The number of piperidine rings is 1. The summed E-state index contributed by atoms with van der Waals surface area (Å²) < 4.78 is 14.4. The predicted molar refractivity (Wildman–Crippen MR) is 138 cm³/mol. The summed E-state index contributed by atoms with van der Waals surface area (Å²) in [5.41, 5.74) is 8.68. The highest BCUT2D eigenvalue weighted by Gasteiger charge is 2.62. The van der Waals surface area contributed by atoms with Gasteiger partial charge in [0.2, 0.25) is 5.91 Å². The maximum absolute atomic E-state index is 14.4. The quantitative estimate of drug-likeness (QED) is 0.425. The molecule has 3 aromatic carbocycles. The van der Waals surface area contributed by atoms with Gasteiger partial charge in [-0.25, -0.2) is 4.39 Å². The number of hydrogen-bond acceptors (Lipinski definition) is 3. The molecular weight excluding hydrogens is 488 g/mol. The van der Waals surface area contributed by atoms with Gasteiger partial charge in [0.05, 0.1) is 22.0 Å². The van der Waals surface area contributed by atoms with Crippen molar-refractivity contribution in [2.45, 2.75) is 13.8 Å². The second-order valence-electron chi connectivity index (χ2n) is 9.78. The second kappa shape index (κ2) is 8.54. The van der Waals surface area contributed by atoms with Gasteiger partial charge in [-0.3, -0.25) is 9.59 Å². The fourth-order valence-corrected chi connectivity index (χ4v) is 5.67. The summed E-state index contributed by atoms with van der Waals surface area (Å²) in [6.45, 7) is 6.24. The smallest absolute Gasteiger partial charge is 0.260 e. The lowest BCUT2D eigenvalue weighted by Gasteiger charge is -2.27. The van der Waals surface area contributed by atoms with Crippen molar-refractivity contribution in [1.82, 2.24) is 0 Å². The largest absolute Gasteiger partial charge is 0.369 e. The highest BCUT2D eigenvalue weighted by molar-refractivity contribution is 6.34. The van der Waals surface area contributed by atoms with Crippen molar-refractivity contribution in [1.29, 1.82) is 0 Å². The fraction of sp³-hybridized carbons (Fsp3) is 0.259. The van der Waals surface area contributed by atoms with Crippen molar-refractivity contribution < 1.29 is 14.0 Å². The number of primary amides is 1. The molecule has 1 saturated carbocycles. The molecule has 0 radical (unpaired) electrons. The van der Waals surface area contributed by atoms with Crippen LogP contribution in [0.25, 0.3) is 11.1 Å². The van der Waals surface area contributed by atoms with Crippen LogP contribution in [0.5, 0.6) is 0 Å². The molecule has 1 heterocycles. The Kier molecular flexibility index (Phi) is 5.77. The van der Waals surface area contributed by atoms with Gasteiger partial charge >= 0.3 is 0 Å². The molecule has 0 aromatic heterocycles. The van der Waals surface area contributed by atoms with E-state index in [2.05, 4.69) is 24.1 Å². The molecule has 2 unspecified atom stereocenters. The summed E-state index contributed by atoms with van der Waals surface area (Å²) >= 11 is 12.6. The van der Waals surface area contributed by atoms with Crippen LogP contribution >= 0.6 is 23.2 Å². The highest BCUT2D eigenvalue weighted by Crippen LogP contribution is 2.62. The fourth-order valence-electron chi connectivity index (χ4n) is 5.19. The number of fused-ring (bicyclic) bond motifs is 1. The van der Waals surface area contributed by atoms with Crippen LogP contribution in [-0.2, 0) is 0 Å². The average molecular weight is 512 g/mol. The Morgan fingerprint density at radius 2 is 1.74 bits per heavy atom. The van der Waals surface area contributed by atoms with Gasteiger partial charge in [0.15, 0.2) is 0 Å². The molecule has 2 amide bonds. The average Bonchev–Trinajstić information content (AvgIpc) is 3.12. The molecule has 5 rings (SSSR count). The standard InChI is InChI=1S/C27H24Cl2FN3O2/c1-27(2)17-12-33(13-18(17)27)23-11-14(16-10-15(25(31)34)6-8-19(16)28)7-9-22(23)32-26(35)24-20(29)4-3-5-21(24)30/h3-11,17-18H,12-13H2,1-2H3,(H2,31,34)(H,32,35). The summed E-state index contributed by atoms with van der Waals surface area (Å²) in [7, 11) is 0. The normalized spacial score (nSPS) is 19.9. The third-order valence-electron chi connectivity index (χ3n) is 7.46. The van der Waals surface area contributed by atoms with E-state index >= 15 is 0 Å². The Morgan fingerprint density at radius 1 is 1.03 bits per heavy atom. The molecule has 5 nitrogen and oxygen atoms in total. The molecule has 180 valence electrons. The number of nitrogens with one attached hydrogen (secondary N) is 1. The zero-order valence-electron chi connectivity index (χ0n) is 19.2. The van der Waals surface area contributed by atoms with Gasteiger partial charge < -0.3 is 16.0 Å². The van der Waals surface area contributed by atoms with Gasteiger partial charge in [-0.15, -0.1) is 0 Å². The van der Waals surface area contributed by atoms with E-state index in [1.165, 1.54) is 18.2 Å². The molecule has 0 bridgehead atoms. The van der Waals surface area contributed by atoms with Crippen LogP contribution in [0, 0.1) is 23.1 Å². The zero-order chi connectivity index (χ0) is 25.1. The topological polar surface area (TPSA) is 75.4 Å². The Morgan fingerprint density at radius 3 is 2.40 bits per heavy atom. The maximum Gasteiger partial charge on any atom is 0.260 e. The Bertz CT molecular complexity index is 1340. The van der Waals surface area contributed by atoms with Crippen LogP contribution in [-0.4, -0.2) is 24.9 Å². The van der Waals surface area contributed by atoms with Crippen LogP contribution in [0.1, 0.15) is 34.6 Å². The molecule has 3 aromatic rings. The third kappa shape index (κ3) is 4.15. The van der Waals surface area contributed by atoms with Crippen molar-refractivity contribution in [3.05, 3.63) is 81.6 Å². The van der Waals surface area contributed by atoms with Gasteiger partial charge in [0, 0.05) is 29.2 Å². The summed E-state index contributed by atoms with van der Waals surface area (Å²) in [4.78, 5) is 27.0. The van der Waals surface area contributed by atoms with E-state index in [0.717, 1.165) is 24.3 Å². The van der Waals surface area contributed by atoms with Gasteiger partial charge in [-0.1, -0.05) is 49.2 Å². The first kappa shape index (κ1) is 23.6. The molecule has 1 saturated heterocycles. The Balaban J connectivity index is 1.54. The SMILES string of the molecule is CC1(C)C2CN(c3cc(-c4cc(C(N)=O)ccc4Cl)ccc3NC(=O)c3c(F)cccc3Cl)CC21. The van der Waals surface area contributed by atoms with E-state index in [4.69, 9.17) is 28.9 Å².